The van der Waals surface area contributed by atoms with E-state index in [2.05, 4.69) is 74.2 Å². The number of anilines is 2. The molecular formula is C19H28N4S. The molecule has 0 unspecified atom stereocenters. The van der Waals surface area contributed by atoms with Crippen LogP contribution in [0.1, 0.15) is 18.7 Å². The van der Waals surface area contributed by atoms with Gasteiger partial charge in [0, 0.05) is 24.5 Å². The fourth-order valence-corrected chi connectivity index (χ4v) is 3.21. The fourth-order valence-electron chi connectivity index (χ4n) is 2.43. The minimum atomic E-state index is 0.961. The summed E-state index contributed by atoms with van der Waals surface area (Å²) in [4.78, 5) is 10.7. The van der Waals surface area contributed by atoms with Gasteiger partial charge in [0.15, 0.2) is 0 Å². The molecule has 2 rings (SSSR count). The lowest BCUT2D eigenvalue weighted by Gasteiger charge is -2.24. The number of nitrogens with one attached hydrogen (secondary N) is 1. The SMILES string of the molecule is CCN(CCN(C)C)C(C)=Nc1ccccc1Nc1ccc(C)s1. The van der Waals surface area contributed by atoms with Crippen molar-refractivity contribution < 1.29 is 0 Å². The van der Waals surface area contributed by atoms with Gasteiger partial charge in [0.1, 0.15) is 5.84 Å². The molecule has 1 N–H and O–H groups in total. The molecule has 0 aliphatic carbocycles. The Bertz CT molecular complexity index is 676. The normalized spacial score (nSPS) is 11.8. The van der Waals surface area contributed by atoms with Crippen molar-refractivity contribution in [3.8, 4) is 0 Å². The fraction of sp³-hybridized carbons (Fsp3) is 0.421. The molecule has 0 atom stereocenters. The molecule has 0 radical (unpaired) electrons. The average molecular weight is 345 g/mol. The van der Waals surface area contributed by atoms with E-state index in [9.17, 15) is 0 Å². The quantitative estimate of drug-likeness (QED) is 0.582. The van der Waals surface area contributed by atoms with E-state index >= 15 is 0 Å². The Kier molecular flexibility index (Phi) is 6.82. The van der Waals surface area contributed by atoms with Crippen LogP contribution in [0.5, 0.6) is 0 Å². The number of amidine groups is 1. The molecule has 0 aliphatic rings. The summed E-state index contributed by atoms with van der Waals surface area (Å²) < 4.78 is 0. The van der Waals surface area contributed by atoms with Crippen molar-refractivity contribution >= 4 is 33.5 Å². The highest BCUT2D eigenvalue weighted by molar-refractivity contribution is 7.16. The Labute approximate surface area is 149 Å². The highest BCUT2D eigenvalue weighted by Crippen LogP contribution is 2.31. The van der Waals surface area contributed by atoms with Crippen LogP contribution in [0.25, 0.3) is 0 Å². The molecule has 1 heterocycles. The number of hydrogen-bond donors (Lipinski definition) is 1. The first-order chi connectivity index (χ1) is 11.5. The van der Waals surface area contributed by atoms with Gasteiger partial charge in [-0.05, 0) is 59.1 Å². The molecule has 0 amide bonds. The monoisotopic (exact) mass is 344 g/mol. The summed E-state index contributed by atoms with van der Waals surface area (Å²) in [5.41, 5.74) is 2.02. The van der Waals surface area contributed by atoms with Crippen molar-refractivity contribution in [3.05, 3.63) is 41.3 Å². The molecule has 2 aromatic rings. The third kappa shape index (κ3) is 5.35. The zero-order valence-corrected chi connectivity index (χ0v) is 16.2. The Morgan fingerprint density at radius 3 is 2.50 bits per heavy atom. The van der Waals surface area contributed by atoms with Crippen LogP contribution in [0, 0.1) is 6.92 Å². The van der Waals surface area contributed by atoms with E-state index < -0.39 is 0 Å². The van der Waals surface area contributed by atoms with Crippen LogP contribution in [0.15, 0.2) is 41.4 Å². The standard InChI is InChI=1S/C19H28N4S/c1-6-23(14-13-22(4)5)16(3)20-17-9-7-8-10-18(17)21-19-12-11-15(2)24-19/h7-12,21H,6,13-14H2,1-5H3. The predicted octanol–water partition coefficient (Wildman–Crippen LogP) is 4.73. The van der Waals surface area contributed by atoms with Gasteiger partial charge in [-0.3, -0.25) is 0 Å². The Morgan fingerprint density at radius 1 is 1.12 bits per heavy atom. The van der Waals surface area contributed by atoms with Gasteiger partial charge >= 0.3 is 0 Å². The third-order valence-electron chi connectivity index (χ3n) is 3.84. The van der Waals surface area contributed by atoms with Crippen molar-refractivity contribution in [2.75, 3.05) is 39.0 Å². The molecular weight excluding hydrogens is 316 g/mol. The summed E-state index contributed by atoms with van der Waals surface area (Å²) in [6, 6.07) is 12.5. The number of aliphatic imine (C=N–C) groups is 1. The first kappa shape index (κ1) is 18.5. The van der Waals surface area contributed by atoms with Gasteiger partial charge in [-0.1, -0.05) is 12.1 Å². The largest absolute Gasteiger partial charge is 0.359 e. The lowest BCUT2D eigenvalue weighted by molar-refractivity contribution is 0.336. The number of para-hydroxylation sites is 2. The summed E-state index contributed by atoms with van der Waals surface area (Å²) in [5.74, 6) is 1.05. The summed E-state index contributed by atoms with van der Waals surface area (Å²) in [7, 11) is 4.20. The zero-order valence-electron chi connectivity index (χ0n) is 15.3. The Balaban J connectivity index is 2.18. The first-order valence-electron chi connectivity index (χ1n) is 8.37. The van der Waals surface area contributed by atoms with E-state index in [1.165, 1.54) is 4.88 Å². The molecule has 0 saturated carbocycles. The topological polar surface area (TPSA) is 30.9 Å². The van der Waals surface area contributed by atoms with Gasteiger partial charge in [-0.25, -0.2) is 4.99 Å². The van der Waals surface area contributed by atoms with Crippen molar-refractivity contribution in [2.24, 2.45) is 4.99 Å². The number of hydrogen-bond acceptors (Lipinski definition) is 4. The van der Waals surface area contributed by atoms with E-state index in [-0.39, 0.29) is 0 Å². The molecule has 5 heteroatoms. The van der Waals surface area contributed by atoms with Crippen LogP contribution in [0.2, 0.25) is 0 Å². The van der Waals surface area contributed by atoms with Crippen molar-refractivity contribution in [1.82, 2.24) is 9.80 Å². The molecule has 24 heavy (non-hydrogen) atoms. The molecule has 4 nitrogen and oxygen atoms in total. The molecule has 1 aromatic heterocycles. The second kappa shape index (κ2) is 8.85. The van der Waals surface area contributed by atoms with E-state index in [0.29, 0.717) is 0 Å². The molecule has 1 aromatic carbocycles. The maximum absolute atomic E-state index is 4.88. The zero-order chi connectivity index (χ0) is 17.5. The molecule has 0 fully saturated rings. The van der Waals surface area contributed by atoms with Crippen molar-refractivity contribution in [1.29, 1.82) is 0 Å². The summed E-state index contributed by atoms with van der Waals surface area (Å²) in [6.07, 6.45) is 0. The molecule has 0 spiro atoms. The van der Waals surface area contributed by atoms with Crippen LogP contribution >= 0.6 is 11.3 Å². The van der Waals surface area contributed by atoms with E-state index in [1.54, 1.807) is 11.3 Å². The third-order valence-corrected chi connectivity index (χ3v) is 4.76. The van der Waals surface area contributed by atoms with Gasteiger partial charge in [-0.15, -0.1) is 11.3 Å². The second-order valence-electron chi connectivity index (χ2n) is 6.09. The molecule has 0 bridgehead atoms. The van der Waals surface area contributed by atoms with Gasteiger partial charge in [-0.2, -0.15) is 0 Å². The van der Waals surface area contributed by atoms with Gasteiger partial charge < -0.3 is 15.1 Å². The highest BCUT2D eigenvalue weighted by atomic mass is 32.1. The highest BCUT2D eigenvalue weighted by Gasteiger charge is 2.08. The maximum Gasteiger partial charge on any atom is 0.102 e. The number of likely N-dealkylation sites (N-methyl/N-ethyl adjacent to an activating group) is 2. The predicted molar refractivity (Wildman–Crippen MR) is 107 cm³/mol. The van der Waals surface area contributed by atoms with Crippen molar-refractivity contribution in [2.45, 2.75) is 20.8 Å². The van der Waals surface area contributed by atoms with Crippen LogP contribution in [0.3, 0.4) is 0 Å². The van der Waals surface area contributed by atoms with Gasteiger partial charge in [0.2, 0.25) is 0 Å². The average Bonchev–Trinajstić information content (AvgIpc) is 2.94. The van der Waals surface area contributed by atoms with Crippen LogP contribution in [-0.4, -0.2) is 49.4 Å². The summed E-state index contributed by atoms with van der Waals surface area (Å²) in [6.45, 7) is 9.35. The second-order valence-corrected chi connectivity index (χ2v) is 7.38. The smallest absolute Gasteiger partial charge is 0.102 e. The Hall–Kier alpha value is -1.85. The minimum absolute atomic E-state index is 0.961. The molecule has 0 aliphatic heterocycles. The van der Waals surface area contributed by atoms with Gasteiger partial charge in [0.25, 0.3) is 0 Å². The van der Waals surface area contributed by atoms with Crippen LogP contribution < -0.4 is 5.32 Å². The Morgan fingerprint density at radius 2 is 1.88 bits per heavy atom. The summed E-state index contributed by atoms with van der Waals surface area (Å²) >= 11 is 1.76. The maximum atomic E-state index is 4.88. The lowest BCUT2D eigenvalue weighted by atomic mass is 10.2. The van der Waals surface area contributed by atoms with Crippen molar-refractivity contribution in [3.63, 3.8) is 0 Å². The molecule has 130 valence electrons. The van der Waals surface area contributed by atoms with Gasteiger partial charge in [0.05, 0.1) is 16.4 Å². The molecule has 0 saturated heterocycles. The van der Waals surface area contributed by atoms with E-state index in [0.717, 1.165) is 41.8 Å². The number of rotatable bonds is 7. The minimum Gasteiger partial charge on any atom is -0.359 e. The number of thiophene rings is 1. The van der Waals surface area contributed by atoms with Crippen LogP contribution in [0.4, 0.5) is 16.4 Å². The first-order valence-corrected chi connectivity index (χ1v) is 9.18. The van der Waals surface area contributed by atoms with Crippen LogP contribution in [-0.2, 0) is 0 Å². The number of aryl methyl sites for hydroxylation is 1. The van der Waals surface area contributed by atoms with E-state index in [4.69, 9.17) is 4.99 Å². The summed E-state index contributed by atoms with van der Waals surface area (Å²) in [5, 5.41) is 4.64. The number of benzene rings is 1. The number of nitrogens with zero attached hydrogens (tertiary/aromatic N) is 3. The van der Waals surface area contributed by atoms with E-state index in [1.807, 2.05) is 12.1 Å². The lowest BCUT2D eigenvalue weighted by Crippen LogP contribution is -2.35.